The zero-order chi connectivity index (χ0) is 23.1. The Morgan fingerprint density at radius 1 is 1.28 bits per heavy atom. The Hall–Kier alpha value is -2.87. The van der Waals surface area contributed by atoms with Crippen molar-refractivity contribution in [2.45, 2.75) is 58.7 Å². The van der Waals surface area contributed by atoms with Gasteiger partial charge in [0.1, 0.15) is 5.76 Å². The van der Waals surface area contributed by atoms with E-state index in [4.69, 9.17) is 10.2 Å². The van der Waals surface area contributed by atoms with E-state index in [0.29, 0.717) is 24.9 Å². The fraction of sp³-hybridized carbons (Fsp3) is 0.542. The lowest BCUT2D eigenvalue weighted by Crippen LogP contribution is -2.40. The van der Waals surface area contributed by atoms with Gasteiger partial charge < -0.3 is 20.8 Å². The fourth-order valence-corrected chi connectivity index (χ4v) is 3.83. The highest BCUT2D eigenvalue weighted by Gasteiger charge is 2.24. The summed E-state index contributed by atoms with van der Waals surface area (Å²) in [7, 11) is 1.74. The molecule has 1 atom stereocenters. The predicted molar refractivity (Wildman–Crippen MR) is 126 cm³/mol. The van der Waals surface area contributed by atoms with Crippen LogP contribution < -0.4 is 16.4 Å². The van der Waals surface area contributed by atoms with Crippen molar-refractivity contribution in [2.24, 2.45) is 16.6 Å². The fourth-order valence-electron chi connectivity index (χ4n) is 3.83. The Kier molecular flexibility index (Phi) is 7.90. The van der Waals surface area contributed by atoms with Crippen molar-refractivity contribution in [3.8, 4) is 0 Å². The third-order valence-corrected chi connectivity index (χ3v) is 5.69. The zero-order valence-corrected chi connectivity index (χ0v) is 19.6. The summed E-state index contributed by atoms with van der Waals surface area (Å²) in [4.78, 5) is 22.5. The lowest BCUT2D eigenvalue weighted by molar-refractivity contribution is -0.123. The number of nitrogens with zero attached hydrogens (tertiary/aromatic N) is 3. The van der Waals surface area contributed by atoms with Crippen molar-refractivity contribution in [1.29, 1.82) is 0 Å². The van der Waals surface area contributed by atoms with Crippen molar-refractivity contribution in [3.05, 3.63) is 53.2 Å². The van der Waals surface area contributed by atoms with Crippen molar-refractivity contribution >= 4 is 11.9 Å². The van der Waals surface area contributed by atoms with Gasteiger partial charge in [0.25, 0.3) is 0 Å². The molecule has 1 amide bonds. The molecule has 1 saturated heterocycles. The van der Waals surface area contributed by atoms with Crippen LogP contribution in [0.1, 0.15) is 56.4 Å². The van der Waals surface area contributed by atoms with Crippen LogP contribution in [0, 0.1) is 5.92 Å². The number of amides is 1. The number of oxazole rings is 1. The molecule has 0 spiro atoms. The van der Waals surface area contributed by atoms with E-state index in [9.17, 15) is 4.79 Å². The third-order valence-electron chi connectivity index (χ3n) is 5.69. The molecule has 1 aliphatic rings. The van der Waals surface area contributed by atoms with Gasteiger partial charge in [-0.3, -0.25) is 14.7 Å². The molecular weight excluding hydrogens is 404 g/mol. The molecule has 0 radical (unpaired) electrons. The highest BCUT2D eigenvalue weighted by Crippen LogP contribution is 2.22. The number of rotatable bonds is 7. The first-order chi connectivity index (χ1) is 15.2. The molecule has 1 aliphatic heterocycles. The summed E-state index contributed by atoms with van der Waals surface area (Å²) in [6, 6.07) is 8.48. The van der Waals surface area contributed by atoms with Gasteiger partial charge in [0, 0.05) is 32.1 Å². The monoisotopic (exact) mass is 440 g/mol. The van der Waals surface area contributed by atoms with E-state index in [1.807, 2.05) is 0 Å². The lowest BCUT2D eigenvalue weighted by atomic mass is 9.94. The lowest BCUT2D eigenvalue weighted by Gasteiger charge is -2.31. The van der Waals surface area contributed by atoms with Crippen LogP contribution >= 0.6 is 0 Å². The number of carbonyl (C=O) groups is 1. The molecule has 8 nitrogen and oxygen atoms in total. The number of primary amides is 1. The van der Waals surface area contributed by atoms with Crippen LogP contribution in [-0.4, -0.2) is 41.9 Å². The van der Waals surface area contributed by atoms with Gasteiger partial charge in [0.05, 0.1) is 18.7 Å². The zero-order valence-electron chi connectivity index (χ0n) is 19.6. The minimum absolute atomic E-state index is 0.0360. The third kappa shape index (κ3) is 6.82. The van der Waals surface area contributed by atoms with Crippen molar-refractivity contribution in [1.82, 2.24) is 20.5 Å². The summed E-state index contributed by atoms with van der Waals surface area (Å²) in [5.41, 5.74) is 7.84. The van der Waals surface area contributed by atoms with Gasteiger partial charge in [-0.1, -0.05) is 45.0 Å². The SMILES string of the molecule is CN=C(NCc1cccc(CN2CCCC(C(N)=O)C2)c1)NCc1ncc(C(C)(C)C)o1. The van der Waals surface area contributed by atoms with E-state index in [2.05, 4.69) is 70.5 Å². The normalized spacial score (nSPS) is 17.9. The number of aliphatic imine (C=N–C) groups is 1. The van der Waals surface area contributed by atoms with Gasteiger partial charge in [0.15, 0.2) is 5.96 Å². The number of nitrogens with two attached hydrogens (primary N) is 1. The first-order valence-electron chi connectivity index (χ1n) is 11.2. The molecule has 1 unspecified atom stereocenters. The molecule has 0 saturated carbocycles. The van der Waals surface area contributed by atoms with E-state index in [0.717, 1.165) is 38.2 Å². The largest absolute Gasteiger partial charge is 0.443 e. The van der Waals surface area contributed by atoms with E-state index >= 15 is 0 Å². The maximum atomic E-state index is 11.5. The second-order valence-electron chi connectivity index (χ2n) is 9.44. The molecule has 0 bridgehead atoms. The number of nitrogens with one attached hydrogen (secondary N) is 2. The van der Waals surface area contributed by atoms with Crippen LogP contribution in [0.4, 0.5) is 0 Å². The quantitative estimate of drug-likeness (QED) is 0.451. The summed E-state index contributed by atoms with van der Waals surface area (Å²) in [5.74, 6) is 1.96. The molecule has 8 heteroatoms. The average molecular weight is 441 g/mol. The Morgan fingerprint density at radius 2 is 2.03 bits per heavy atom. The maximum Gasteiger partial charge on any atom is 0.221 e. The number of likely N-dealkylation sites (tertiary alicyclic amines) is 1. The second kappa shape index (κ2) is 10.6. The number of benzene rings is 1. The average Bonchev–Trinajstić information content (AvgIpc) is 3.24. The van der Waals surface area contributed by atoms with Crippen LogP contribution in [0.2, 0.25) is 0 Å². The highest BCUT2D eigenvalue weighted by molar-refractivity contribution is 5.79. The second-order valence-corrected chi connectivity index (χ2v) is 9.44. The molecule has 2 heterocycles. The van der Waals surface area contributed by atoms with Crippen molar-refractivity contribution in [3.63, 3.8) is 0 Å². The van der Waals surface area contributed by atoms with Crippen LogP contribution in [0.5, 0.6) is 0 Å². The molecule has 32 heavy (non-hydrogen) atoms. The molecule has 3 rings (SSSR count). The molecule has 1 aromatic heterocycles. The van der Waals surface area contributed by atoms with Gasteiger partial charge in [-0.25, -0.2) is 4.98 Å². The Labute approximate surface area is 190 Å². The number of hydrogen-bond donors (Lipinski definition) is 3. The molecule has 1 aromatic carbocycles. The molecular formula is C24H36N6O2. The van der Waals surface area contributed by atoms with Gasteiger partial charge in [-0.15, -0.1) is 0 Å². The minimum atomic E-state index is -0.189. The van der Waals surface area contributed by atoms with Gasteiger partial charge in [-0.2, -0.15) is 0 Å². The summed E-state index contributed by atoms with van der Waals surface area (Å²) in [5, 5.41) is 6.59. The first-order valence-corrected chi connectivity index (χ1v) is 11.2. The van der Waals surface area contributed by atoms with E-state index in [1.165, 1.54) is 11.1 Å². The van der Waals surface area contributed by atoms with Gasteiger partial charge >= 0.3 is 0 Å². The minimum Gasteiger partial charge on any atom is -0.443 e. The Balaban J connectivity index is 1.50. The highest BCUT2D eigenvalue weighted by atomic mass is 16.4. The van der Waals surface area contributed by atoms with Crippen LogP contribution in [0.3, 0.4) is 0 Å². The molecule has 174 valence electrons. The van der Waals surface area contributed by atoms with E-state index in [1.54, 1.807) is 13.2 Å². The molecule has 4 N–H and O–H groups in total. The van der Waals surface area contributed by atoms with Crippen molar-refractivity contribution < 1.29 is 9.21 Å². The maximum absolute atomic E-state index is 11.5. The number of carbonyl (C=O) groups excluding carboxylic acids is 1. The first kappa shape index (κ1) is 23.8. The summed E-state index contributed by atoms with van der Waals surface area (Å²) >= 11 is 0. The Bertz CT molecular complexity index is 931. The van der Waals surface area contributed by atoms with Crippen molar-refractivity contribution in [2.75, 3.05) is 20.1 Å². The van der Waals surface area contributed by atoms with Gasteiger partial charge in [0.2, 0.25) is 11.8 Å². The van der Waals surface area contributed by atoms with Crippen LogP contribution in [0.15, 0.2) is 39.9 Å². The van der Waals surface area contributed by atoms with Gasteiger partial charge in [-0.05, 0) is 30.5 Å². The molecule has 0 aliphatic carbocycles. The molecule has 1 fully saturated rings. The number of aromatic nitrogens is 1. The van der Waals surface area contributed by atoms with Crippen LogP contribution in [-0.2, 0) is 29.8 Å². The van der Waals surface area contributed by atoms with Crippen LogP contribution in [0.25, 0.3) is 0 Å². The Morgan fingerprint density at radius 3 is 2.72 bits per heavy atom. The summed E-state index contributed by atoms with van der Waals surface area (Å²) < 4.78 is 5.83. The topological polar surface area (TPSA) is 109 Å². The van der Waals surface area contributed by atoms with E-state index in [-0.39, 0.29) is 17.2 Å². The summed E-state index contributed by atoms with van der Waals surface area (Å²) in [6.07, 6.45) is 3.69. The predicted octanol–water partition coefficient (Wildman–Crippen LogP) is 2.53. The van der Waals surface area contributed by atoms with E-state index < -0.39 is 0 Å². The molecule has 2 aromatic rings. The number of hydrogen-bond acceptors (Lipinski definition) is 5. The number of guanidine groups is 1. The smallest absolute Gasteiger partial charge is 0.221 e. The standard InChI is InChI=1S/C24H36N6O2/c1-24(2,3)20-13-27-21(32-20)14-29-23(26-4)28-12-17-7-5-8-18(11-17)15-30-10-6-9-19(16-30)22(25)31/h5,7-8,11,13,19H,6,9-10,12,14-16H2,1-4H3,(H2,25,31)(H2,26,28,29). The number of piperidine rings is 1. The summed E-state index contributed by atoms with van der Waals surface area (Å²) in [6.45, 7) is 9.97.